The molecule has 34 heavy (non-hydrogen) atoms. The fourth-order valence-corrected chi connectivity index (χ4v) is 3.95. The Bertz CT molecular complexity index is 1510. The lowest BCUT2D eigenvalue weighted by Gasteiger charge is -2.15. The van der Waals surface area contributed by atoms with E-state index in [1.54, 1.807) is 4.40 Å². The second kappa shape index (κ2) is 8.90. The van der Waals surface area contributed by atoms with Crippen LogP contribution in [0.5, 0.6) is 5.88 Å². The number of hydrogen-bond donors (Lipinski definition) is 1. The average Bonchev–Trinajstić information content (AvgIpc) is 3.37. The average molecular weight is 453 g/mol. The normalized spacial score (nSPS) is 11.3. The quantitative estimate of drug-likeness (QED) is 0.414. The molecule has 2 aromatic carbocycles. The molecule has 0 amide bonds. The van der Waals surface area contributed by atoms with Crippen molar-refractivity contribution in [2.24, 2.45) is 0 Å². The Hall–Kier alpha value is -4.33. The Balaban J connectivity index is 1.52. The molecule has 5 aromatic rings. The van der Waals surface area contributed by atoms with E-state index in [2.05, 4.69) is 25.6 Å². The summed E-state index contributed by atoms with van der Waals surface area (Å²) in [5.41, 5.74) is 5.89. The van der Waals surface area contributed by atoms with Gasteiger partial charge in [-0.3, -0.25) is 9.20 Å². The van der Waals surface area contributed by atoms with Gasteiger partial charge in [0.15, 0.2) is 0 Å². The molecule has 8 nitrogen and oxygen atoms in total. The first-order valence-electron chi connectivity index (χ1n) is 11.1. The van der Waals surface area contributed by atoms with Crippen molar-refractivity contribution in [2.45, 2.75) is 33.3 Å². The van der Waals surface area contributed by atoms with Gasteiger partial charge < -0.3 is 4.74 Å². The van der Waals surface area contributed by atoms with E-state index in [-0.39, 0.29) is 11.7 Å². The zero-order valence-corrected chi connectivity index (χ0v) is 19.2. The maximum atomic E-state index is 13.4. The number of rotatable bonds is 6. The number of hydrogen-bond acceptors (Lipinski definition) is 6. The molecule has 0 unspecified atom stereocenters. The molecule has 0 atom stereocenters. The van der Waals surface area contributed by atoms with Gasteiger partial charge in [-0.25, -0.2) is 0 Å². The second-order valence-corrected chi connectivity index (χ2v) is 8.46. The van der Waals surface area contributed by atoms with Crippen LogP contribution in [0.15, 0.2) is 71.7 Å². The first-order valence-corrected chi connectivity index (χ1v) is 11.1. The molecule has 0 spiro atoms. The predicted molar refractivity (Wildman–Crippen MR) is 130 cm³/mol. The van der Waals surface area contributed by atoms with Crippen LogP contribution in [0, 0.1) is 6.92 Å². The molecule has 0 aliphatic rings. The van der Waals surface area contributed by atoms with Gasteiger partial charge in [-0.05, 0) is 54.3 Å². The number of aryl methyl sites for hydroxylation is 1. The number of aromatic nitrogens is 6. The Labute approximate surface area is 196 Å². The molecular formula is C26H24N6O2. The van der Waals surface area contributed by atoms with Crippen molar-refractivity contribution < 1.29 is 4.74 Å². The SMILES string of the molecule is Cc1ccc2nc(OC(C)C)c(Cc3ccc(-c4ccccc4-c4nn[nH]n4)cc3)c(=O)n2c1. The molecule has 3 heterocycles. The Kier molecular flexibility index (Phi) is 5.63. The minimum Gasteiger partial charge on any atom is -0.475 e. The standard InChI is InChI=1S/C26H24N6O2/c1-16(2)34-25-22(26(33)32-15-17(3)8-13-23(32)27-25)14-18-9-11-19(12-10-18)20-6-4-5-7-21(20)24-28-30-31-29-24/h4-13,15-16H,14H2,1-3H3,(H,28,29,30,31). The van der Waals surface area contributed by atoms with Crippen molar-refractivity contribution in [1.82, 2.24) is 30.0 Å². The van der Waals surface area contributed by atoms with Crippen LogP contribution in [-0.4, -0.2) is 36.1 Å². The molecule has 170 valence electrons. The van der Waals surface area contributed by atoms with Gasteiger partial charge in [-0.1, -0.05) is 54.6 Å². The maximum absolute atomic E-state index is 13.4. The number of pyridine rings is 1. The van der Waals surface area contributed by atoms with E-state index in [1.807, 2.05) is 87.6 Å². The summed E-state index contributed by atoms with van der Waals surface area (Å²) in [5.74, 6) is 0.927. The minimum atomic E-state index is -0.115. The zero-order valence-electron chi connectivity index (χ0n) is 19.2. The van der Waals surface area contributed by atoms with E-state index in [4.69, 9.17) is 4.74 Å². The molecule has 0 aliphatic carbocycles. The summed E-state index contributed by atoms with van der Waals surface area (Å²) in [5, 5.41) is 14.4. The van der Waals surface area contributed by atoms with Crippen LogP contribution in [-0.2, 0) is 6.42 Å². The Morgan fingerprint density at radius 3 is 2.47 bits per heavy atom. The molecule has 0 fully saturated rings. The van der Waals surface area contributed by atoms with E-state index >= 15 is 0 Å². The Morgan fingerprint density at radius 2 is 1.76 bits per heavy atom. The number of fused-ring (bicyclic) bond motifs is 1. The zero-order chi connectivity index (χ0) is 23.7. The number of nitrogens with zero attached hydrogens (tertiary/aromatic N) is 5. The first kappa shape index (κ1) is 21.5. The highest BCUT2D eigenvalue weighted by atomic mass is 16.5. The van der Waals surface area contributed by atoms with Gasteiger partial charge in [-0.2, -0.15) is 10.2 Å². The monoisotopic (exact) mass is 452 g/mol. The maximum Gasteiger partial charge on any atom is 0.265 e. The van der Waals surface area contributed by atoms with Crippen LogP contribution in [0.1, 0.15) is 30.5 Å². The highest BCUT2D eigenvalue weighted by Crippen LogP contribution is 2.30. The van der Waals surface area contributed by atoms with Gasteiger partial charge >= 0.3 is 0 Å². The van der Waals surface area contributed by atoms with E-state index < -0.39 is 0 Å². The van der Waals surface area contributed by atoms with Gasteiger partial charge in [0.25, 0.3) is 5.56 Å². The molecule has 0 saturated carbocycles. The number of benzene rings is 2. The van der Waals surface area contributed by atoms with Gasteiger partial charge in [0.1, 0.15) is 5.65 Å². The fraction of sp³-hybridized carbons (Fsp3) is 0.192. The number of nitrogens with one attached hydrogen (secondary N) is 1. The number of H-pyrrole nitrogens is 1. The van der Waals surface area contributed by atoms with Crippen LogP contribution in [0.25, 0.3) is 28.2 Å². The summed E-state index contributed by atoms with van der Waals surface area (Å²) in [4.78, 5) is 18.0. The van der Waals surface area contributed by atoms with E-state index in [1.165, 1.54) is 0 Å². The summed E-state index contributed by atoms with van der Waals surface area (Å²) in [7, 11) is 0. The van der Waals surface area contributed by atoms with Crippen LogP contribution in [0.3, 0.4) is 0 Å². The molecule has 1 N–H and O–H groups in total. The van der Waals surface area contributed by atoms with Crippen molar-refractivity contribution in [2.75, 3.05) is 0 Å². The lowest BCUT2D eigenvalue weighted by atomic mass is 9.97. The molecule has 5 rings (SSSR count). The smallest absolute Gasteiger partial charge is 0.265 e. The molecule has 3 aromatic heterocycles. The molecular weight excluding hydrogens is 428 g/mol. The minimum absolute atomic E-state index is 0.0948. The highest BCUT2D eigenvalue weighted by Gasteiger charge is 2.17. The summed E-state index contributed by atoms with van der Waals surface area (Å²) in [6.45, 7) is 5.81. The summed E-state index contributed by atoms with van der Waals surface area (Å²) in [6, 6.07) is 19.8. The fourth-order valence-electron chi connectivity index (χ4n) is 3.95. The molecule has 0 aliphatic heterocycles. The Morgan fingerprint density at radius 1 is 1.00 bits per heavy atom. The lowest BCUT2D eigenvalue weighted by molar-refractivity contribution is 0.230. The number of tetrazole rings is 1. The second-order valence-electron chi connectivity index (χ2n) is 8.46. The summed E-state index contributed by atoms with van der Waals surface area (Å²) in [6.07, 6.45) is 2.13. The third-order valence-corrected chi connectivity index (χ3v) is 5.53. The van der Waals surface area contributed by atoms with Crippen LogP contribution in [0.2, 0.25) is 0 Å². The number of aromatic amines is 1. The topological polar surface area (TPSA) is 98.1 Å². The van der Waals surface area contributed by atoms with Crippen LogP contribution < -0.4 is 10.3 Å². The van der Waals surface area contributed by atoms with Gasteiger partial charge in [-0.15, -0.1) is 10.2 Å². The van der Waals surface area contributed by atoms with Crippen LogP contribution >= 0.6 is 0 Å². The third-order valence-electron chi connectivity index (χ3n) is 5.53. The summed E-state index contributed by atoms with van der Waals surface area (Å²) >= 11 is 0. The largest absolute Gasteiger partial charge is 0.475 e. The highest BCUT2D eigenvalue weighted by molar-refractivity contribution is 5.80. The van der Waals surface area contributed by atoms with E-state index in [0.717, 1.165) is 27.8 Å². The molecule has 8 heteroatoms. The molecule has 0 bridgehead atoms. The van der Waals surface area contributed by atoms with Gasteiger partial charge in [0.05, 0.1) is 11.7 Å². The first-order chi connectivity index (χ1) is 16.5. The van der Waals surface area contributed by atoms with Crippen molar-refractivity contribution in [1.29, 1.82) is 0 Å². The number of ether oxygens (including phenoxy) is 1. The van der Waals surface area contributed by atoms with Crippen molar-refractivity contribution >= 4 is 5.65 Å². The molecule has 0 saturated heterocycles. The molecule has 0 radical (unpaired) electrons. The predicted octanol–water partition coefficient (Wildman–Crippen LogP) is 4.23. The van der Waals surface area contributed by atoms with Crippen LogP contribution in [0.4, 0.5) is 0 Å². The van der Waals surface area contributed by atoms with Crippen molar-refractivity contribution in [3.05, 3.63) is 93.9 Å². The van der Waals surface area contributed by atoms with E-state index in [0.29, 0.717) is 29.3 Å². The van der Waals surface area contributed by atoms with Gasteiger partial charge in [0.2, 0.25) is 11.7 Å². The lowest BCUT2D eigenvalue weighted by Crippen LogP contribution is -2.23. The summed E-state index contributed by atoms with van der Waals surface area (Å²) < 4.78 is 7.53. The van der Waals surface area contributed by atoms with Crippen molar-refractivity contribution in [3.63, 3.8) is 0 Å². The van der Waals surface area contributed by atoms with E-state index in [9.17, 15) is 4.79 Å². The third kappa shape index (κ3) is 4.17. The van der Waals surface area contributed by atoms with Gasteiger partial charge in [0, 0.05) is 18.2 Å². The van der Waals surface area contributed by atoms with Crippen molar-refractivity contribution in [3.8, 4) is 28.4 Å².